The second kappa shape index (κ2) is 5.98. The summed E-state index contributed by atoms with van der Waals surface area (Å²) in [6.45, 7) is 4.87. The summed E-state index contributed by atoms with van der Waals surface area (Å²) in [5.74, 6) is 0.593. The Labute approximate surface area is 108 Å². The molecule has 2 nitrogen and oxygen atoms in total. The number of rotatable bonds is 7. The van der Waals surface area contributed by atoms with Crippen molar-refractivity contribution in [3.05, 3.63) is 21.9 Å². The molecule has 1 N–H and O–H groups in total. The highest BCUT2D eigenvalue weighted by Gasteiger charge is 2.36. The second-order valence-corrected chi connectivity index (χ2v) is 6.00. The van der Waals surface area contributed by atoms with E-state index in [1.54, 1.807) is 0 Å². The Morgan fingerprint density at radius 3 is 2.59 bits per heavy atom. The molecule has 1 fully saturated rings. The molecular formula is C14H22O2S. The van der Waals surface area contributed by atoms with Crippen molar-refractivity contribution >= 4 is 11.3 Å². The first-order valence-electron chi connectivity index (χ1n) is 6.61. The van der Waals surface area contributed by atoms with Crippen molar-refractivity contribution in [3.8, 4) is 0 Å². The van der Waals surface area contributed by atoms with Crippen LogP contribution in [0.2, 0.25) is 0 Å². The number of aliphatic hydroxyl groups excluding tert-OH is 1. The fraction of sp³-hybridized carbons (Fsp3) is 0.714. The number of ether oxygens (including phenoxy) is 1. The van der Waals surface area contributed by atoms with Crippen molar-refractivity contribution in [2.45, 2.75) is 51.7 Å². The molecule has 2 unspecified atom stereocenters. The van der Waals surface area contributed by atoms with Crippen molar-refractivity contribution < 1.29 is 9.84 Å². The fourth-order valence-electron chi connectivity index (χ4n) is 2.22. The molecule has 2 rings (SSSR count). The first-order chi connectivity index (χ1) is 8.24. The van der Waals surface area contributed by atoms with Gasteiger partial charge in [-0.2, -0.15) is 0 Å². The van der Waals surface area contributed by atoms with Crippen LogP contribution in [0.1, 0.15) is 36.4 Å². The van der Waals surface area contributed by atoms with E-state index in [-0.39, 0.29) is 12.2 Å². The van der Waals surface area contributed by atoms with Gasteiger partial charge in [0.2, 0.25) is 0 Å². The Balaban J connectivity index is 1.91. The zero-order valence-corrected chi connectivity index (χ0v) is 11.5. The van der Waals surface area contributed by atoms with E-state index < -0.39 is 0 Å². The quantitative estimate of drug-likeness (QED) is 0.810. The summed E-state index contributed by atoms with van der Waals surface area (Å²) in [5.41, 5.74) is 0. The molecule has 1 aromatic heterocycles. The van der Waals surface area contributed by atoms with Gasteiger partial charge < -0.3 is 9.84 Å². The van der Waals surface area contributed by atoms with Crippen LogP contribution in [0.4, 0.5) is 0 Å². The van der Waals surface area contributed by atoms with Crippen LogP contribution in [-0.4, -0.2) is 23.9 Å². The Hall–Kier alpha value is -0.380. The van der Waals surface area contributed by atoms with Crippen LogP contribution >= 0.6 is 11.3 Å². The summed E-state index contributed by atoms with van der Waals surface area (Å²) in [4.78, 5) is 2.67. The highest BCUT2D eigenvalue weighted by Crippen LogP contribution is 2.36. The zero-order chi connectivity index (χ0) is 12.3. The van der Waals surface area contributed by atoms with Crippen LogP contribution in [0.3, 0.4) is 0 Å². The lowest BCUT2D eigenvalue weighted by molar-refractivity contribution is -0.0436. The van der Waals surface area contributed by atoms with Crippen LogP contribution < -0.4 is 0 Å². The molecule has 17 heavy (non-hydrogen) atoms. The lowest BCUT2D eigenvalue weighted by Gasteiger charge is -2.22. The minimum absolute atomic E-state index is 0.0483. The van der Waals surface area contributed by atoms with E-state index in [1.807, 2.05) is 18.3 Å². The summed E-state index contributed by atoms with van der Waals surface area (Å²) >= 11 is 1.81. The van der Waals surface area contributed by atoms with E-state index in [4.69, 9.17) is 4.74 Å². The Kier molecular flexibility index (Phi) is 4.60. The topological polar surface area (TPSA) is 29.5 Å². The summed E-state index contributed by atoms with van der Waals surface area (Å²) in [7, 11) is 0. The normalized spacial score (nSPS) is 19.2. The lowest BCUT2D eigenvalue weighted by Crippen LogP contribution is -2.32. The smallest absolute Gasteiger partial charge is 0.0865 e. The molecule has 1 aliphatic carbocycles. The van der Waals surface area contributed by atoms with Crippen molar-refractivity contribution in [2.75, 3.05) is 6.61 Å². The number of aliphatic hydroxyl groups is 1. The molecule has 0 aliphatic heterocycles. The highest BCUT2D eigenvalue weighted by molar-refractivity contribution is 7.11. The minimum Gasteiger partial charge on any atom is -0.390 e. The maximum absolute atomic E-state index is 10.3. The molecule has 0 radical (unpaired) electrons. The summed E-state index contributed by atoms with van der Waals surface area (Å²) in [6.07, 6.45) is 3.96. The van der Waals surface area contributed by atoms with Crippen LogP contribution in [0.15, 0.2) is 12.1 Å². The van der Waals surface area contributed by atoms with Gasteiger partial charge in [-0.1, -0.05) is 6.92 Å². The lowest BCUT2D eigenvalue weighted by atomic mass is 10.1. The molecule has 1 aromatic rings. The maximum atomic E-state index is 10.3. The van der Waals surface area contributed by atoms with E-state index in [0.717, 1.165) is 12.8 Å². The molecule has 96 valence electrons. The number of thiophene rings is 1. The molecule has 1 aliphatic rings. The van der Waals surface area contributed by atoms with Gasteiger partial charge in [0.15, 0.2) is 0 Å². The standard InChI is InChI=1S/C14H22O2S/c1-3-11-7-8-12(17-11)9-13(15)14(16-4-2)10-5-6-10/h7-8,10,13-15H,3-6,9H2,1-2H3. The average molecular weight is 254 g/mol. The zero-order valence-electron chi connectivity index (χ0n) is 10.7. The van der Waals surface area contributed by atoms with Gasteiger partial charge in [-0.3, -0.25) is 0 Å². The predicted octanol–water partition coefficient (Wildman–Crippen LogP) is 3.03. The third kappa shape index (κ3) is 3.54. The first-order valence-corrected chi connectivity index (χ1v) is 7.43. The third-order valence-electron chi connectivity index (χ3n) is 3.30. The Bertz CT molecular complexity index is 344. The number of hydrogen-bond acceptors (Lipinski definition) is 3. The van der Waals surface area contributed by atoms with Gasteiger partial charge in [0, 0.05) is 22.8 Å². The Morgan fingerprint density at radius 1 is 1.35 bits per heavy atom. The maximum Gasteiger partial charge on any atom is 0.0865 e. The number of aryl methyl sites for hydroxylation is 1. The molecule has 1 heterocycles. The summed E-state index contributed by atoms with van der Waals surface area (Å²) in [6, 6.07) is 4.31. The van der Waals surface area contributed by atoms with Gasteiger partial charge in [0.1, 0.15) is 0 Å². The summed E-state index contributed by atoms with van der Waals surface area (Å²) in [5, 5.41) is 10.3. The highest BCUT2D eigenvalue weighted by atomic mass is 32.1. The molecule has 0 bridgehead atoms. The fourth-order valence-corrected chi connectivity index (χ4v) is 3.23. The second-order valence-electron chi connectivity index (χ2n) is 4.75. The minimum atomic E-state index is -0.342. The molecule has 0 amide bonds. The van der Waals surface area contributed by atoms with Crippen molar-refractivity contribution in [1.82, 2.24) is 0 Å². The Morgan fingerprint density at radius 2 is 2.06 bits per heavy atom. The first kappa shape index (κ1) is 13.1. The van der Waals surface area contributed by atoms with Gasteiger partial charge in [-0.25, -0.2) is 0 Å². The van der Waals surface area contributed by atoms with Crippen LogP contribution in [0.5, 0.6) is 0 Å². The third-order valence-corrected chi connectivity index (χ3v) is 4.55. The van der Waals surface area contributed by atoms with Crippen molar-refractivity contribution in [1.29, 1.82) is 0 Å². The van der Waals surface area contributed by atoms with Gasteiger partial charge in [0.25, 0.3) is 0 Å². The molecule has 3 heteroatoms. The molecular weight excluding hydrogens is 232 g/mol. The van der Waals surface area contributed by atoms with Crippen molar-refractivity contribution in [3.63, 3.8) is 0 Å². The monoisotopic (exact) mass is 254 g/mol. The van der Waals surface area contributed by atoms with E-state index >= 15 is 0 Å². The molecule has 0 saturated heterocycles. The molecule has 0 spiro atoms. The van der Waals surface area contributed by atoms with Crippen LogP contribution in [0.25, 0.3) is 0 Å². The van der Waals surface area contributed by atoms with E-state index in [0.29, 0.717) is 12.5 Å². The number of hydrogen-bond donors (Lipinski definition) is 1. The molecule has 2 atom stereocenters. The average Bonchev–Trinajstić information content (AvgIpc) is 3.06. The SMILES string of the molecule is CCOC(C(O)Cc1ccc(CC)s1)C1CC1. The van der Waals surface area contributed by atoms with Crippen LogP contribution in [0, 0.1) is 5.92 Å². The molecule has 0 aromatic carbocycles. The largest absolute Gasteiger partial charge is 0.390 e. The molecule has 1 saturated carbocycles. The predicted molar refractivity (Wildman–Crippen MR) is 71.5 cm³/mol. The van der Waals surface area contributed by atoms with Crippen LogP contribution in [-0.2, 0) is 17.6 Å². The van der Waals surface area contributed by atoms with E-state index in [1.165, 1.54) is 22.6 Å². The van der Waals surface area contributed by atoms with E-state index in [2.05, 4.69) is 19.1 Å². The van der Waals surface area contributed by atoms with Crippen molar-refractivity contribution in [2.24, 2.45) is 5.92 Å². The summed E-state index contributed by atoms with van der Waals surface area (Å²) < 4.78 is 5.69. The van der Waals surface area contributed by atoms with Gasteiger partial charge in [-0.15, -0.1) is 11.3 Å². The van der Waals surface area contributed by atoms with Gasteiger partial charge >= 0.3 is 0 Å². The van der Waals surface area contributed by atoms with Gasteiger partial charge in [0.05, 0.1) is 12.2 Å². The van der Waals surface area contributed by atoms with E-state index in [9.17, 15) is 5.11 Å². The van der Waals surface area contributed by atoms with Gasteiger partial charge in [-0.05, 0) is 44.2 Å².